The van der Waals surface area contributed by atoms with Crippen LogP contribution in [-0.4, -0.2) is 68.7 Å². The van der Waals surface area contributed by atoms with Crippen molar-refractivity contribution in [2.75, 3.05) is 45.8 Å². The number of sulfonamides is 1. The summed E-state index contributed by atoms with van der Waals surface area (Å²) in [5, 5.41) is 2.75. The van der Waals surface area contributed by atoms with Crippen LogP contribution < -0.4 is 5.32 Å². The summed E-state index contributed by atoms with van der Waals surface area (Å²) in [7, 11) is -3.18. The summed E-state index contributed by atoms with van der Waals surface area (Å²) in [6.45, 7) is 15.4. The third kappa shape index (κ3) is 6.52. The van der Waals surface area contributed by atoms with Crippen LogP contribution >= 0.6 is 0 Å². The molecule has 5 nitrogen and oxygen atoms in total. The van der Waals surface area contributed by atoms with Gasteiger partial charge in [0.2, 0.25) is 10.0 Å². The Kier molecular flexibility index (Phi) is 10.5. The Morgan fingerprint density at radius 3 is 2.05 bits per heavy atom. The zero-order valence-corrected chi connectivity index (χ0v) is 14.7. The van der Waals surface area contributed by atoms with Crippen LogP contribution in [0, 0.1) is 0 Å². The first-order chi connectivity index (χ1) is 9.43. The minimum atomic E-state index is -3.18. The highest BCUT2D eigenvalue weighted by molar-refractivity contribution is 7.89. The predicted molar refractivity (Wildman–Crippen MR) is 86.6 cm³/mol. The van der Waals surface area contributed by atoms with Crippen molar-refractivity contribution >= 4 is 10.0 Å². The lowest BCUT2D eigenvalue weighted by Gasteiger charge is -2.26. The monoisotopic (exact) mass is 307 g/mol. The normalized spacial score (nSPS) is 14.2. The summed E-state index contributed by atoms with van der Waals surface area (Å²) in [5.41, 5.74) is 0. The molecule has 0 aliphatic carbocycles. The Labute approximate surface area is 125 Å². The van der Waals surface area contributed by atoms with Crippen LogP contribution in [0.3, 0.4) is 0 Å². The number of nitrogens with zero attached hydrogens (tertiary/aromatic N) is 2. The average Bonchev–Trinajstić information content (AvgIpc) is 2.44. The van der Waals surface area contributed by atoms with Crippen molar-refractivity contribution in [2.45, 2.75) is 46.3 Å². The van der Waals surface area contributed by atoms with E-state index >= 15 is 0 Å². The molecule has 0 bridgehead atoms. The van der Waals surface area contributed by atoms with E-state index in [4.69, 9.17) is 0 Å². The van der Waals surface area contributed by atoms with Crippen molar-refractivity contribution in [3.8, 4) is 0 Å². The maximum absolute atomic E-state index is 12.5. The number of hydrogen-bond donors (Lipinski definition) is 1. The van der Waals surface area contributed by atoms with Gasteiger partial charge in [0, 0.05) is 19.6 Å². The number of nitrogens with one attached hydrogen (secondary N) is 1. The van der Waals surface area contributed by atoms with E-state index in [-0.39, 0.29) is 5.25 Å². The van der Waals surface area contributed by atoms with Gasteiger partial charge in [-0.05, 0) is 39.5 Å². The highest BCUT2D eigenvalue weighted by atomic mass is 32.2. The molecule has 0 aromatic rings. The zero-order chi connectivity index (χ0) is 15.6. The van der Waals surface area contributed by atoms with Crippen molar-refractivity contribution in [3.63, 3.8) is 0 Å². The van der Waals surface area contributed by atoms with Crippen molar-refractivity contribution in [2.24, 2.45) is 0 Å². The van der Waals surface area contributed by atoms with Crippen LogP contribution in [0.5, 0.6) is 0 Å². The summed E-state index contributed by atoms with van der Waals surface area (Å²) >= 11 is 0. The van der Waals surface area contributed by atoms with Crippen molar-refractivity contribution < 1.29 is 8.42 Å². The fraction of sp³-hybridized carbons (Fsp3) is 1.00. The Morgan fingerprint density at radius 1 is 1.00 bits per heavy atom. The van der Waals surface area contributed by atoms with Gasteiger partial charge in [0.1, 0.15) is 0 Å². The van der Waals surface area contributed by atoms with Crippen LogP contribution in [0.1, 0.15) is 41.0 Å². The van der Waals surface area contributed by atoms with Gasteiger partial charge in [-0.2, -0.15) is 0 Å². The minimum Gasteiger partial charge on any atom is -0.316 e. The zero-order valence-electron chi connectivity index (χ0n) is 13.9. The third-order valence-electron chi connectivity index (χ3n) is 3.68. The molecule has 0 aliphatic heterocycles. The van der Waals surface area contributed by atoms with Gasteiger partial charge in [-0.1, -0.05) is 27.7 Å². The summed E-state index contributed by atoms with van der Waals surface area (Å²) in [4.78, 5) is 2.32. The Bertz CT molecular complexity index is 329. The second-order valence-electron chi connectivity index (χ2n) is 5.04. The molecule has 0 spiro atoms. The second kappa shape index (κ2) is 10.5. The summed E-state index contributed by atoms with van der Waals surface area (Å²) in [6, 6.07) is 0. The summed E-state index contributed by atoms with van der Waals surface area (Å²) in [5.74, 6) is 0. The first-order valence-corrected chi connectivity index (χ1v) is 9.36. The molecule has 1 unspecified atom stereocenters. The first kappa shape index (κ1) is 19.8. The van der Waals surface area contributed by atoms with E-state index in [1.165, 1.54) is 0 Å². The van der Waals surface area contributed by atoms with Gasteiger partial charge < -0.3 is 10.2 Å². The van der Waals surface area contributed by atoms with Gasteiger partial charge >= 0.3 is 0 Å². The van der Waals surface area contributed by atoms with Gasteiger partial charge in [-0.15, -0.1) is 0 Å². The van der Waals surface area contributed by atoms with E-state index in [1.54, 1.807) is 11.2 Å². The molecule has 1 N–H and O–H groups in total. The van der Waals surface area contributed by atoms with Crippen LogP contribution in [0.2, 0.25) is 0 Å². The molecule has 20 heavy (non-hydrogen) atoms. The third-order valence-corrected chi connectivity index (χ3v) is 6.02. The Balaban J connectivity index is 4.42. The fourth-order valence-corrected chi connectivity index (χ4v) is 3.76. The molecule has 122 valence electrons. The Morgan fingerprint density at radius 2 is 1.60 bits per heavy atom. The van der Waals surface area contributed by atoms with Crippen molar-refractivity contribution in [1.29, 1.82) is 0 Å². The average molecular weight is 308 g/mol. The fourth-order valence-electron chi connectivity index (χ4n) is 2.18. The molecule has 0 heterocycles. The van der Waals surface area contributed by atoms with Gasteiger partial charge in [0.25, 0.3) is 0 Å². The maximum Gasteiger partial charge on any atom is 0.217 e. The molecule has 1 atom stereocenters. The lowest BCUT2D eigenvalue weighted by molar-refractivity contribution is 0.285. The van der Waals surface area contributed by atoms with Crippen LogP contribution in [0.4, 0.5) is 0 Å². The molecule has 0 fully saturated rings. The molecule has 6 heteroatoms. The van der Waals surface area contributed by atoms with Crippen LogP contribution in [-0.2, 0) is 10.0 Å². The van der Waals surface area contributed by atoms with Crippen LogP contribution in [0.25, 0.3) is 0 Å². The molecule has 0 radical (unpaired) electrons. The predicted octanol–water partition coefficient (Wildman–Crippen LogP) is 1.37. The van der Waals surface area contributed by atoms with Gasteiger partial charge in [0.15, 0.2) is 0 Å². The SMILES string of the molecule is CCNCC(C)S(=O)(=O)N(CC)CCCN(CC)CC. The topological polar surface area (TPSA) is 52.7 Å². The molecule has 0 rings (SSSR count). The molecule has 0 amide bonds. The van der Waals surface area contributed by atoms with E-state index in [9.17, 15) is 8.42 Å². The number of hydrogen-bond acceptors (Lipinski definition) is 4. The molecular weight excluding hydrogens is 274 g/mol. The van der Waals surface area contributed by atoms with E-state index < -0.39 is 10.0 Å². The smallest absolute Gasteiger partial charge is 0.217 e. The van der Waals surface area contributed by atoms with E-state index in [1.807, 2.05) is 13.8 Å². The molecule has 0 aliphatic rings. The number of rotatable bonds is 12. The minimum absolute atomic E-state index is 0.365. The van der Waals surface area contributed by atoms with E-state index in [2.05, 4.69) is 24.1 Å². The second-order valence-corrected chi connectivity index (χ2v) is 7.39. The maximum atomic E-state index is 12.5. The van der Waals surface area contributed by atoms with Gasteiger partial charge in [0.05, 0.1) is 5.25 Å². The van der Waals surface area contributed by atoms with Gasteiger partial charge in [-0.3, -0.25) is 0 Å². The first-order valence-electron chi connectivity index (χ1n) is 7.85. The molecule has 0 saturated carbocycles. The largest absolute Gasteiger partial charge is 0.316 e. The Hall–Kier alpha value is -0.170. The standard InChI is InChI=1S/C14H33N3O2S/c1-6-15-13-14(5)20(18,19)17(9-4)12-10-11-16(7-2)8-3/h14-15H,6-13H2,1-5H3. The molecule has 0 aromatic heterocycles. The highest BCUT2D eigenvalue weighted by Gasteiger charge is 2.26. The quantitative estimate of drug-likeness (QED) is 0.592. The summed E-state index contributed by atoms with van der Waals surface area (Å²) < 4.78 is 26.5. The van der Waals surface area contributed by atoms with E-state index in [0.717, 1.165) is 32.6 Å². The lowest BCUT2D eigenvalue weighted by atomic mass is 10.3. The highest BCUT2D eigenvalue weighted by Crippen LogP contribution is 2.09. The van der Waals surface area contributed by atoms with E-state index in [0.29, 0.717) is 19.6 Å². The lowest BCUT2D eigenvalue weighted by Crippen LogP contribution is -2.43. The van der Waals surface area contributed by atoms with Crippen molar-refractivity contribution in [3.05, 3.63) is 0 Å². The van der Waals surface area contributed by atoms with Crippen LogP contribution in [0.15, 0.2) is 0 Å². The molecule has 0 aromatic carbocycles. The molecular formula is C14H33N3O2S. The summed E-state index contributed by atoms with van der Waals surface area (Å²) in [6.07, 6.45) is 0.892. The van der Waals surface area contributed by atoms with Gasteiger partial charge in [-0.25, -0.2) is 12.7 Å². The van der Waals surface area contributed by atoms with Crippen molar-refractivity contribution in [1.82, 2.24) is 14.5 Å². The molecule has 0 saturated heterocycles.